The standard InChI is InChI=1S/C72H140O17P2/c1-6-9-12-15-18-20-22-24-26-28-30-32-34-36-42-47-52-57-71(76)88-68(62-83-70(75)56-51-46-41-35-33-31-29-27-25-23-21-19-16-13-10-7-2)64-87-91(80,81)85-60-66(73)59-84-90(78,79)86-63-67(61-82-69(74)55-50-45-39-17-14-11-8-3)89-72(77)58-53-48-43-38-37-40-44-49-54-65(4)5/h65-68,73H,6-64H2,1-5H3,(H,78,79)(H,80,81)/t66-,67+,68+/m0/s1. The van der Waals surface area contributed by atoms with Gasteiger partial charge in [-0.3, -0.25) is 37.3 Å². The van der Waals surface area contributed by atoms with E-state index in [-0.39, 0.29) is 25.7 Å². The van der Waals surface area contributed by atoms with Crippen molar-refractivity contribution in [3.05, 3.63) is 0 Å². The molecular weight excluding hydrogens is 1200 g/mol. The van der Waals surface area contributed by atoms with Crippen LogP contribution in [0.3, 0.4) is 0 Å². The summed E-state index contributed by atoms with van der Waals surface area (Å²) in [6.07, 6.45) is 52.9. The Hall–Kier alpha value is -1.94. The van der Waals surface area contributed by atoms with Crippen molar-refractivity contribution in [1.29, 1.82) is 0 Å². The van der Waals surface area contributed by atoms with Gasteiger partial charge in [0, 0.05) is 25.7 Å². The second-order valence-electron chi connectivity index (χ2n) is 26.5. The fourth-order valence-corrected chi connectivity index (χ4v) is 12.6. The van der Waals surface area contributed by atoms with E-state index in [0.717, 1.165) is 109 Å². The first kappa shape index (κ1) is 89.1. The fourth-order valence-electron chi connectivity index (χ4n) is 11.0. The van der Waals surface area contributed by atoms with Crippen molar-refractivity contribution in [2.45, 2.75) is 393 Å². The Morgan fingerprint density at radius 1 is 0.297 bits per heavy atom. The van der Waals surface area contributed by atoms with Crippen molar-refractivity contribution >= 4 is 39.5 Å². The number of aliphatic hydroxyl groups is 1. The third-order valence-corrected chi connectivity index (χ3v) is 18.7. The van der Waals surface area contributed by atoms with Gasteiger partial charge in [0.15, 0.2) is 12.2 Å². The van der Waals surface area contributed by atoms with Gasteiger partial charge in [0.2, 0.25) is 0 Å². The van der Waals surface area contributed by atoms with Crippen LogP contribution in [0.4, 0.5) is 0 Å². The molecule has 0 saturated heterocycles. The molecule has 0 saturated carbocycles. The molecule has 17 nitrogen and oxygen atoms in total. The number of aliphatic hydroxyl groups excluding tert-OH is 1. The van der Waals surface area contributed by atoms with E-state index in [0.29, 0.717) is 25.7 Å². The van der Waals surface area contributed by atoms with Gasteiger partial charge in [-0.2, -0.15) is 0 Å². The first-order valence-electron chi connectivity index (χ1n) is 37.6. The molecule has 540 valence electrons. The Labute approximate surface area is 556 Å². The van der Waals surface area contributed by atoms with E-state index in [2.05, 4.69) is 34.6 Å². The maximum absolute atomic E-state index is 13.0. The predicted octanol–water partition coefficient (Wildman–Crippen LogP) is 20.9. The Balaban J connectivity index is 5.19. The van der Waals surface area contributed by atoms with Crippen LogP contribution >= 0.6 is 15.6 Å². The zero-order valence-corrected chi connectivity index (χ0v) is 60.8. The highest BCUT2D eigenvalue weighted by Crippen LogP contribution is 2.45. The van der Waals surface area contributed by atoms with E-state index in [9.17, 15) is 43.2 Å². The molecule has 2 unspecified atom stereocenters. The monoisotopic (exact) mass is 1340 g/mol. The maximum Gasteiger partial charge on any atom is 0.472 e. The lowest BCUT2D eigenvalue weighted by Crippen LogP contribution is -2.30. The van der Waals surface area contributed by atoms with E-state index in [1.54, 1.807) is 0 Å². The van der Waals surface area contributed by atoms with Gasteiger partial charge in [0.1, 0.15) is 19.3 Å². The van der Waals surface area contributed by atoms with Crippen molar-refractivity contribution in [3.8, 4) is 0 Å². The van der Waals surface area contributed by atoms with Crippen LogP contribution in [-0.2, 0) is 65.4 Å². The van der Waals surface area contributed by atoms with E-state index < -0.39 is 97.5 Å². The second-order valence-corrected chi connectivity index (χ2v) is 29.4. The first-order chi connectivity index (χ1) is 44.0. The van der Waals surface area contributed by atoms with Crippen LogP contribution in [0.2, 0.25) is 0 Å². The zero-order valence-electron chi connectivity index (χ0n) is 59.0. The van der Waals surface area contributed by atoms with Gasteiger partial charge in [-0.1, -0.05) is 324 Å². The third-order valence-electron chi connectivity index (χ3n) is 16.8. The number of hydrogen-bond donors (Lipinski definition) is 3. The summed E-state index contributed by atoms with van der Waals surface area (Å²) in [5, 5.41) is 10.6. The van der Waals surface area contributed by atoms with Crippen LogP contribution in [0.1, 0.15) is 375 Å². The largest absolute Gasteiger partial charge is 0.472 e. The van der Waals surface area contributed by atoms with Crippen LogP contribution in [0.25, 0.3) is 0 Å². The Morgan fingerprint density at radius 3 is 0.747 bits per heavy atom. The van der Waals surface area contributed by atoms with Gasteiger partial charge in [-0.05, 0) is 31.6 Å². The lowest BCUT2D eigenvalue weighted by atomic mass is 10.0. The molecule has 91 heavy (non-hydrogen) atoms. The number of carbonyl (C=O) groups is 4. The molecule has 0 rings (SSSR count). The van der Waals surface area contributed by atoms with Gasteiger partial charge in [-0.15, -0.1) is 0 Å². The average Bonchev–Trinajstić information content (AvgIpc) is 3.34. The number of phosphoric ester groups is 2. The van der Waals surface area contributed by atoms with Gasteiger partial charge in [0.05, 0.1) is 26.4 Å². The van der Waals surface area contributed by atoms with Crippen LogP contribution < -0.4 is 0 Å². The summed E-state index contributed by atoms with van der Waals surface area (Å²) in [5.41, 5.74) is 0. The van der Waals surface area contributed by atoms with E-state index in [1.165, 1.54) is 186 Å². The lowest BCUT2D eigenvalue weighted by Gasteiger charge is -2.21. The van der Waals surface area contributed by atoms with Gasteiger partial charge in [-0.25, -0.2) is 9.13 Å². The summed E-state index contributed by atoms with van der Waals surface area (Å²) in [6, 6.07) is 0. The number of rotatable bonds is 72. The summed E-state index contributed by atoms with van der Waals surface area (Å²) >= 11 is 0. The van der Waals surface area contributed by atoms with Gasteiger partial charge >= 0.3 is 39.5 Å². The Bertz CT molecular complexity index is 1750. The molecule has 0 radical (unpaired) electrons. The molecule has 0 aliphatic rings. The molecule has 0 fully saturated rings. The topological polar surface area (TPSA) is 237 Å². The molecule has 5 atom stereocenters. The molecule has 0 aliphatic carbocycles. The molecule has 3 N–H and O–H groups in total. The van der Waals surface area contributed by atoms with Crippen molar-refractivity contribution in [3.63, 3.8) is 0 Å². The molecule has 0 heterocycles. The highest BCUT2D eigenvalue weighted by atomic mass is 31.2. The van der Waals surface area contributed by atoms with Crippen LogP contribution in [0.15, 0.2) is 0 Å². The minimum Gasteiger partial charge on any atom is -0.462 e. The normalized spacial score (nSPS) is 14.0. The van der Waals surface area contributed by atoms with Crippen LogP contribution in [-0.4, -0.2) is 96.7 Å². The summed E-state index contributed by atoms with van der Waals surface area (Å²) < 4.78 is 68.3. The highest BCUT2D eigenvalue weighted by Gasteiger charge is 2.30. The summed E-state index contributed by atoms with van der Waals surface area (Å²) in [4.78, 5) is 72.5. The minimum absolute atomic E-state index is 0.104. The van der Waals surface area contributed by atoms with Crippen molar-refractivity contribution in [2.24, 2.45) is 5.92 Å². The smallest absolute Gasteiger partial charge is 0.462 e. The van der Waals surface area contributed by atoms with Crippen molar-refractivity contribution < 1.29 is 80.2 Å². The lowest BCUT2D eigenvalue weighted by molar-refractivity contribution is -0.161. The number of phosphoric acid groups is 2. The average molecular weight is 1340 g/mol. The quantitative estimate of drug-likeness (QED) is 0.0222. The summed E-state index contributed by atoms with van der Waals surface area (Å²) in [5.74, 6) is -1.41. The zero-order chi connectivity index (χ0) is 67.0. The summed E-state index contributed by atoms with van der Waals surface area (Å²) in [6.45, 7) is 7.18. The van der Waals surface area contributed by atoms with E-state index in [1.807, 2.05) is 0 Å². The molecule has 0 bridgehead atoms. The third kappa shape index (κ3) is 66.5. The van der Waals surface area contributed by atoms with Crippen molar-refractivity contribution in [1.82, 2.24) is 0 Å². The van der Waals surface area contributed by atoms with E-state index >= 15 is 0 Å². The summed E-state index contributed by atoms with van der Waals surface area (Å²) in [7, 11) is -9.90. The number of unbranched alkanes of at least 4 members (excludes halogenated alkanes) is 44. The van der Waals surface area contributed by atoms with E-state index in [4.69, 9.17) is 37.0 Å². The van der Waals surface area contributed by atoms with Gasteiger partial charge in [0.25, 0.3) is 0 Å². The Kier molecular flexibility index (Phi) is 64.0. The van der Waals surface area contributed by atoms with Gasteiger partial charge < -0.3 is 33.8 Å². The van der Waals surface area contributed by atoms with Crippen LogP contribution in [0, 0.1) is 5.92 Å². The predicted molar refractivity (Wildman–Crippen MR) is 368 cm³/mol. The molecule has 0 aromatic carbocycles. The first-order valence-corrected chi connectivity index (χ1v) is 40.6. The number of hydrogen-bond acceptors (Lipinski definition) is 15. The molecule has 0 spiro atoms. The molecular formula is C72H140O17P2. The minimum atomic E-state index is -4.95. The number of esters is 4. The molecule has 19 heteroatoms. The molecule has 0 aliphatic heterocycles. The SMILES string of the molecule is CCCCCCCCCCCCCCCCCCCC(=O)O[C@H](COC(=O)CCCCCCCCCCCCCCCCCC)COP(=O)(O)OC[C@@H](O)COP(=O)(O)OC[C@@H](COC(=O)CCCCCCCCC)OC(=O)CCCCCCCCCCC(C)C. The molecule has 0 amide bonds. The molecule has 0 aromatic heterocycles. The molecule has 0 aromatic rings. The second kappa shape index (κ2) is 65.4. The Morgan fingerprint density at radius 2 is 0.505 bits per heavy atom. The highest BCUT2D eigenvalue weighted by molar-refractivity contribution is 7.47. The number of carbonyl (C=O) groups excluding carboxylic acids is 4. The fraction of sp³-hybridized carbons (Fsp3) is 0.944. The maximum atomic E-state index is 13.0. The van der Waals surface area contributed by atoms with Crippen LogP contribution in [0.5, 0.6) is 0 Å². The number of ether oxygens (including phenoxy) is 4. The van der Waals surface area contributed by atoms with Crippen molar-refractivity contribution in [2.75, 3.05) is 39.6 Å².